The zero-order chi connectivity index (χ0) is 16.4. The zero-order valence-electron chi connectivity index (χ0n) is 11.1. The minimum absolute atomic E-state index is 0.0301. The molecule has 0 saturated heterocycles. The molecule has 0 saturated carbocycles. The molecule has 0 atom stereocenters. The maximum atomic E-state index is 12.1. The van der Waals surface area contributed by atoms with E-state index in [1.807, 2.05) is 6.92 Å². The number of hydrogen-bond donors (Lipinski definition) is 1. The fraction of sp³-hybridized carbons (Fsp3) is 0.167. The van der Waals surface area contributed by atoms with Gasteiger partial charge in [-0.25, -0.2) is 0 Å². The number of non-ortho nitro benzene ring substituents is 1. The van der Waals surface area contributed by atoms with Crippen LogP contribution in [0.3, 0.4) is 0 Å². The van der Waals surface area contributed by atoms with Gasteiger partial charge in [0.25, 0.3) is 5.69 Å². The van der Waals surface area contributed by atoms with Gasteiger partial charge in [-0.05, 0) is 54.7 Å². The molecule has 0 aliphatic carbocycles. The minimum atomic E-state index is -0.509. The zero-order valence-corrected chi connectivity index (χ0v) is 15.9. The van der Waals surface area contributed by atoms with Gasteiger partial charge < -0.3 is 5.32 Å². The molecular formula is C12H9Br3N4O3. The van der Waals surface area contributed by atoms with E-state index in [0.29, 0.717) is 14.6 Å². The van der Waals surface area contributed by atoms with E-state index in [4.69, 9.17) is 0 Å². The van der Waals surface area contributed by atoms with Gasteiger partial charge in [-0.1, -0.05) is 0 Å². The summed E-state index contributed by atoms with van der Waals surface area (Å²) >= 11 is 9.76. The lowest BCUT2D eigenvalue weighted by molar-refractivity contribution is -0.385. The fourth-order valence-electron chi connectivity index (χ4n) is 1.69. The molecule has 1 N–H and O–H groups in total. The molecule has 1 heterocycles. The maximum absolute atomic E-state index is 12.1. The van der Waals surface area contributed by atoms with Gasteiger partial charge in [-0.15, -0.1) is 0 Å². The number of nitrogens with zero attached hydrogens (tertiary/aromatic N) is 3. The van der Waals surface area contributed by atoms with Gasteiger partial charge in [-0.3, -0.25) is 19.6 Å². The van der Waals surface area contributed by atoms with Crippen LogP contribution in [0.15, 0.2) is 31.7 Å². The summed E-state index contributed by atoms with van der Waals surface area (Å²) in [7, 11) is 0. The number of rotatable bonds is 4. The summed E-state index contributed by atoms with van der Waals surface area (Å²) < 4.78 is 3.15. The van der Waals surface area contributed by atoms with Crippen molar-refractivity contribution in [1.29, 1.82) is 0 Å². The third-order valence-electron chi connectivity index (χ3n) is 2.69. The van der Waals surface area contributed by atoms with Gasteiger partial charge in [-0.2, -0.15) is 5.10 Å². The monoisotopic (exact) mass is 494 g/mol. The van der Waals surface area contributed by atoms with E-state index < -0.39 is 4.92 Å². The number of nitrogens with one attached hydrogen (secondary N) is 1. The summed E-state index contributed by atoms with van der Waals surface area (Å²) in [5.74, 6) is -0.301. The van der Waals surface area contributed by atoms with Crippen molar-refractivity contribution in [2.45, 2.75) is 13.5 Å². The number of benzene rings is 1. The van der Waals surface area contributed by atoms with Gasteiger partial charge in [0.1, 0.15) is 6.54 Å². The number of aromatic nitrogens is 2. The lowest BCUT2D eigenvalue weighted by Crippen LogP contribution is -2.19. The first-order chi connectivity index (χ1) is 10.3. The quantitative estimate of drug-likeness (QED) is 0.511. The van der Waals surface area contributed by atoms with Crippen molar-refractivity contribution in [3.63, 3.8) is 0 Å². The van der Waals surface area contributed by atoms with Gasteiger partial charge in [0.2, 0.25) is 5.91 Å². The van der Waals surface area contributed by atoms with Crippen molar-refractivity contribution in [2.24, 2.45) is 0 Å². The summed E-state index contributed by atoms with van der Waals surface area (Å²) in [5, 5.41) is 17.6. The van der Waals surface area contributed by atoms with Crippen LogP contribution in [0.4, 0.5) is 11.4 Å². The molecule has 10 heteroatoms. The number of carbonyl (C=O) groups excluding carboxylic acids is 1. The van der Waals surface area contributed by atoms with Gasteiger partial charge in [0, 0.05) is 27.3 Å². The second kappa shape index (κ2) is 6.88. The lowest BCUT2D eigenvalue weighted by Gasteiger charge is -2.09. The molecule has 1 amide bonds. The number of amides is 1. The largest absolute Gasteiger partial charge is 0.323 e. The molecule has 22 heavy (non-hydrogen) atoms. The predicted molar refractivity (Wildman–Crippen MR) is 91.8 cm³/mol. The van der Waals surface area contributed by atoms with Crippen LogP contribution in [0.25, 0.3) is 0 Å². The normalized spacial score (nSPS) is 10.5. The van der Waals surface area contributed by atoms with Crippen LogP contribution in [-0.4, -0.2) is 20.6 Å². The van der Waals surface area contributed by atoms with E-state index in [-0.39, 0.29) is 18.1 Å². The van der Waals surface area contributed by atoms with Crippen LogP contribution in [0.1, 0.15) is 5.69 Å². The SMILES string of the molecule is Cc1nn(CC(=O)Nc2c(Br)cc([N+](=O)[O-])cc2Br)cc1Br. The Kier molecular flexibility index (Phi) is 5.35. The summed E-state index contributed by atoms with van der Waals surface area (Å²) in [6, 6.07) is 2.66. The standard InChI is InChI=1S/C12H9Br3N4O3/c1-6-10(15)4-18(17-6)5-11(20)16-12-8(13)2-7(19(21)22)3-9(12)14/h2-4H,5H2,1H3,(H,16,20). The first-order valence-electron chi connectivity index (χ1n) is 5.90. The number of carbonyl (C=O) groups is 1. The molecule has 2 rings (SSSR count). The van der Waals surface area contributed by atoms with Crippen molar-refractivity contribution in [3.05, 3.63) is 47.6 Å². The van der Waals surface area contributed by atoms with Crippen molar-refractivity contribution >= 4 is 65.1 Å². The molecule has 116 valence electrons. The average molecular weight is 497 g/mol. The van der Waals surface area contributed by atoms with E-state index in [2.05, 4.69) is 58.2 Å². The summed E-state index contributed by atoms with van der Waals surface area (Å²) in [6.45, 7) is 1.85. The molecule has 0 aliphatic heterocycles. The molecule has 0 spiro atoms. The molecule has 0 bridgehead atoms. The molecule has 7 nitrogen and oxygen atoms in total. The Morgan fingerprint density at radius 2 is 1.91 bits per heavy atom. The van der Waals surface area contributed by atoms with Crippen molar-refractivity contribution in [2.75, 3.05) is 5.32 Å². The summed E-state index contributed by atoms with van der Waals surface area (Å²) in [4.78, 5) is 22.3. The maximum Gasteiger partial charge on any atom is 0.271 e. The molecule has 2 aromatic rings. The minimum Gasteiger partial charge on any atom is -0.323 e. The molecule has 0 unspecified atom stereocenters. The number of halogens is 3. The molecule has 0 aliphatic rings. The van der Waals surface area contributed by atoms with E-state index in [1.165, 1.54) is 16.8 Å². The van der Waals surface area contributed by atoms with E-state index in [0.717, 1.165) is 10.2 Å². The summed E-state index contributed by atoms with van der Waals surface area (Å²) in [6.07, 6.45) is 1.70. The van der Waals surface area contributed by atoms with Crippen LogP contribution in [0.2, 0.25) is 0 Å². The third kappa shape index (κ3) is 3.93. The van der Waals surface area contributed by atoms with Crippen molar-refractivity contribution in [3.8, 4) is 0 Å². The molecule has 0 fully saturated rings. The number of anilines is 1. The van der Waals surface area contributed by atoms with Gasteiger partial charge in [0.15, 0.2) is 0 Å². The highest BCUT2D eigenvalue weighted by Gasteiger charge is 2.16. The molecule has 0 radical (unpaired) electrons. The fourth-order valence-corrected chi connectivity index (χ4v) is 3.36. The summed E-state index contributed by atoms with van der Waals surface area (Å²) in [5.41, 5.74) is 1.13. The van der Waals surface area contributed by atoms with Crippen molar-refractivity contribution < 1.29 is 9.72 Å². The Morgan fingerprint density at radius 1 is 1.32 bits per heavy atom. The number of aryl methyl sites for hydroxylation is 1. The van der Waals surface area contributed by atoms with Crippen LogP contribution in [0, 0.1) is 17.0 Å². The van der Waals surface area contributed by atoms with E-state index in [9.17, 15) is 14.9 Å². The Bertz CT molecular complexity index is 718. The van der Waals surface area contributed by atoms with E-state index >= 15 is 0 Å². The van der Waals surface area contributed by atoms with Crippen molar-refractivity contribution in [1.82, 2.24) is 9.78 Å². The number of hydrogen-bond acceptors (Lipinski definition) is 4. The first-order valence-corrected chi connectivity index (χ1v) is 8.28. The van der Waals surface area contributed by atoms with Crippen LogP contribution in [0.5, 0.6) is 0 Å². The average Bonchev–Trinajstić information content (AvgIpc) is 2.72. The third-order valence-corrected chi connectivity index (χ3v) is 4.72. The highest BCUT2D eigenvalue weighted by molar-refractivity contribution is 9.11. The Morgan fingerprint density at radius 3 is 2.36 bits per heavy atom. The first kappa shape index (κ1) is 17.1. The van der Waals surface area contributed by atoms with Crippen LogP contribution >= 0.6 is 47.8 Å². The van der Waals surface area contributed by atoms with E-state index in [1.54, 1.807) is 6.20 Å². The van der Waals surface area contributed by atoms with Crippen LogP contribution < -0.4 is 5.32 Å². The second-order valence-corrected chi connectivity index (χ2v) is 6.91. The Hall–Kier alpha value is -1.26. The number of nitro benzene ring substituents is 1. The Labute approximate surface area is 150 Å². The predicted octanol–water partition coefficient (Wildman–Crippen LogP) is 4.03. The van der Waals surface area contributed by atoms with Gasteiger partial charge >= 0.3 is 0 Å². The number of nitro groups is 1. The molecule has 1 aromatic carbocycles. The lowest BCUT2D eigenvalue weighted by atomic mass is 10.3. The Balaban J connectivity index is 2.16. The highest BCUT2D eigenvalue weighted by Crippen LogP contribution is 2.35. The smallest absolute Gasteiger partial charge is 0.271 e. The molecular weight excluding hydrogens is 488 g/mol. The highest BCUT2D eigenvalue weighted by atomic mass is 79.9. The van der Waals surface area contributed by atoms with Gasteiger partial charge in [0.05, 0.1) is 20.8 Å². The van der Waals surface area contributed by atoms with Crippen LogP contribution in [-0.2, 0) is 11.3 Å². The molecule has 1 aromatic heterocycles. The topological polar surface area (TPSA) is 90.1 Å². The second-order valence-electron chi connectivity index (χ2n) is 4.35.